The van der Waals surface area contributed by atoms with Gasteiger partial charge in [-0.2, -0.15) is 0 Å². The van der Waals surface area contributed by atoms with E-state index >= 15 is 0 Å². The van der Waals surface area contributed by atoms with Crippen molar-refractivity contribution in [1.82, 2.24) is 5.32 Å². The molecular weight excluding hydrogens is 286 g/mol. The van der Waals surface area contributed by atoms with Crippen LogP contribution in [0.4, 0.5) is 10.5 Å². The number of para-hydroxylation sites is 1. The highest BCUT2D eigenvalue weighted by Crippen LogP contribution is 2.18. The molecule has 0 fully saturated rings. The topological polar surface area (TPSA) is 130 Å². The molecule has 0 aliphatic heterocycles. The Morgan fingerprint density at radius 3 is 2.50 bits per heavy atom. The molecule has 0 aromatic heterocycles. The average molecular weight is 301 g/mol. The second kappa shape index (κ2) is 6.35. The maximum absolute atomic E-state index is 11.8. The van der Waals surface area contributed by atoms with Crippen LogP contribution in [0.5, 0.6) is 0 Å². The molecule has 0 saturated heterocycles. The largest absolute Gasteiger partial charge is 0.478 e. The summed E-state index contributed by atoms with van der Waals surface area (Å²) in [6.07, 6.45) is 0. The van der Waals surface area contributed by atoms with Crippen molar-refractivity contribution in [3.63, 3.8) is 0 Å². The molecule has 0 bridgehead atoms. The number of carboxylic acid groups (broad SMARTS) is 1. The van der Waals surface area contributed by atoms with E-state index in [2.05, 4.69) is 5.32 Å². The van der Waals surface area contributed by atoms with Gasteiger partial charge >= 0.3 is 12.0 Å². The normalized spacial score (nSPS) is 10.9. The van der Waals surface area contributed by atoms with Crippen LogP contribution in [0.1, 0.15) is 10.4 Å². The van der Waals surface area contributed by atoms with Gasteiger partial charge in [-0.1, -0.05) is 12.1 Å². The first-order chi connectivity index (χ1) is 9.22. The van der Waals surface area contributed by atoms with Crippen molar-refractivity contribution in [3.8, 4) is 0 Å². The number of hydrogen-bond acceptors (Lipinski definition) is 4. The van der Waals surface area contributed by atoms with Crippen LogP contribution in [0.3, 0.4) is 0 Å². The van der Waals surface area contributed by atoms with Crippen LogP contribution in [0.2, 0.25) is 0 Å². The van der Waals surface area contributed by atoms with Crippen LogP contribution in [0, 0.1) is 0 Å². The smallest absolute Gasteiger partial charge is 0.337 e. The molecule has 1 rings (SSSR count). The number of hydrogen-bond donors (Lipinski definition) is 3. The van der Waals surface area contributed by atoms with E-state index in [0.717, 1.165) is 4.90 Å². The number of aromatic carboxylic acids is 1. The first kappa shape index (κ1) is 15.9. The molecule has 0 heterocycles. The van der Waals surface area contributed by atoms with E-state index in [1.54, 1.807) is 12.1 Å². The summed E-state index contributed by atoms with van der Waals surface area (Å²) in [6, 6.07) is 5.35. The molecule has 20 heavy (non-hydrogen) atoms. The monoisotopic (exact) mass is 301 g/mol. The summed E-state index contributed by atoms with van der Waals surface area (Å²) >= 11 is 0. The first-order valence-corrected chi connectivity index (χ1v) is 7.28. The Morgan fingerprint density at radius 2 is 1.95 bits per heavy atom. The quantitative estimate of drug-likeness (QED) is 0.694. The van der Waals surface area contributed by atoms with Crippen LogP contribution in [0.15, 0.2) is 24.3 Å². The van der Waals surface area contributed by atoms with Crippen molar-refractivity contribution in [2.45, 2.75) is 0 Å². The van der Waals surface area contributed by atoms with Crippen LogP contribution in [0.25, 0.3) is 0 Å². The third-order valence-corrected chi connectivity index (χ3v) is 3.24. The highest BCUT2D eigenvalue weighted by atomic mass is 32.2. The number of urea groups is 1. The molecule has 1 aromatic rings. The first-order valence-electron chi connectivity index (χ1n) is 5.56. The summed E-state index contributed by atoms with van der Waals surface area (Å²) in [4.78, 5) is 23.9. The fraction of sp³-hybridized carbons (Fsp3) is 0.273. The molecule has 0 radical (unpaired) electrons. The molecule has 0 unspecified atom stereocenters. The molecule has 9 heteroatoms. The zero-order valence-corrected chi connectivity index (χ0v) is 11.6. The summed E-state index contributed by atoms with van der Waals surface area (Å²) in [7, 11) is -2.28. The van der Waals surface area contributed by atoms with Gasteiger partial charge in [-0.05, 0) is 12.1 Å². The number of carbonyl (C=O) groups excluding carboxylic acids is 1. The predicted octanol–water partition coefficient (Wildman–Crippen LogP) is -0.181. The van der Waals surface area contributed by atoms with Crippen molar-refractivity contribution in [3.05, 3.63) is 29.8 Å². The van der Waals surface area contributed by atoms with Gasteiger partial charge < -0.3 is 10.4 Å². The summed E-state index contributed by atoms with van der Waals surface area (Å²) in [5, 5.41) is 16.2. The highest BCUT2D eigenvalue weighted by Gasteiger charge is 2.17. The van der Waals surface area contributed by atoms with Crippen LogP contribution in [-0.4, -0.2) is 44.9 Å². The molecule has 110 valence electrons. The van der Waals surface area contributed by atoms with Gasteiger partial charge in [-0.25, -0.2) is 23.1 Å². The number of carboxylic acids is 1. The van der Waals surface area contributed by atoms with E-state index < -0.39 is 27.8 Å². The minimum absolute atomic E-state index is 0.0309. The van der Waals surface area contributed by atoms with Gasteiger partial charge in [0.2, 0.25) is 10.0 Å². The van der Waals surface area contributed by atoms with Gasteiger partial charge in [-0.3, -0.25) is 4.90 Å². The Kier molecular flexibility index (Phi) is 5.06. The maximum Gasteiger partial charge on any atom is 0.337 e. The van der Waals surface area contributed by atoms with Crippen molar-refractivity contribution in [2.24, 2.45) is 5.14 Å². The van der Waals surface area contributed by atoms with Gasteiger partial charge in [0.05, 0.1) is 17.0 Å². The minimum atomic E-state index is -3.66. The third kappa shape index (κ3) is 4.52. The molecule has 0 saturated carbocycles. The number of rotatable bonds is 5. The molecule has 0 aliphatic rings. The lowest BCUT2D eigenvalue weighted by Crippen LogP contribution is -2.40. The van der Waals surface area contributed by atoms with Gasteiger partial charge in [0.25, 0.3) is 0 Å². The summed E-state index contributed by atoms with van der Waals surface area (Å²) in [5.41, 5.74) is 0.171. The van der Waals surface area contributed by atoms with Crippen molar-refractivity contribution >= 4 is 27.7 Å². The molecule has 1 aromatic carbocycles. The second-order valence-corrected chi connectivity index (χ2v) is 5.71. The van der Waals surface area contributed by atoms with Crippen molar-refractivity contribution < 1.29 is 23.1 Å². The van der Waals surface area contributed by atoms with Crippen LogP contribution >= 0.6 is 0 Å². The van der Waals surface area contributed by atoms with E-state index in [1.807, 2.05) is 0 Å². The molecule has 0 aliphatic carbocycles. The average Bonchev–Trinajstić information content (AvgIpc) is 2.36. The lowest BCUT2D eigenvalue weighted by molar-refractivity contribution is 0.0697. The van der Waals surface area contributed by atoms with E-state index in [0.29, 0.717) is 0 Å². The molecule has 8 nitrogen and oxygen atoms in total. The van der Waals surface area contributed by atoms with Crippen molar-refractivity contribution in [1.29, 1.82) is 0 Å². The van der Waals surface area contributed by atoms with Crippen LogP contribution in [-0.2, 0) is 10.0 Å². The number of primary sulfonamides is 1. The predicted molar refractivity (Wildman–Crippen MR) is 73.2 cm³/mol. The summed E-state index contributed by atoms with van der Waals surface area (Å²) in [6.45, 7) is -0.156. The van der Waals surface area contributed by atoms with Gasteiger partial charge in [0.1, 0.15) is 0 Å². The molecule has 0 spiro atoms. The van der Waals surface area contributed by atoms with Gasteiger partial charge in [0, 0.05) is 13.6 Å². The summed E-state index contributed by atoms with van der Waals surface area (Å²) in [5.74, 6) is -1.56. The standard InChI is InChI=1S/C11H15N3O5S/c1-14(11(17)13-6-7-20(12,18)19)9-5-3-2-4-8(9)10(15)16/h2-5H,6-7H2,1H3,(H,13,17)(H,15,16)(H2,12,18,19). The maximum atomic E-state index is 11.8. The van der Waals surface area contributed by atoms with E-state index in [-0.39, 0.29) is 17.8 Å². The number of benzene rings is 1. The zero-order valence-electron chi connectivity index (χ0n) is 10.7. The number of carbonyl (C=O) groups is 2. The summed E-state index contributed by atoms with van der Waals surface area (Å²) < 4.78 is 21.5. The molecule has 0 atom stereocenters. The highest BCUT2D eigenvalue weighted by molar-refractivity contribution is 7.89. The van der Waals surface area contributed by atoms with E-state index in [9.17, 15) is 18.0 Å². The van der Waals surface area contributed by atoms with Crippen molar-refractivity contribution in [2.75, 3.05) is 24.2 Å². The second-order valence-electron chi connectivity index (χ2n) is 3.98. The Morgan fingerprint density at radius 1 is 1.35 bits per heavy atom. The number of sulfonamides is 1. The lowest BCUT2D eigenvalue weighted by atomic mass is 10.1. The Hall–Kier alpha value is -2.13. The Labute approximate surface area is 116 Å². The number of amides is 2. The van der Waals surface area contributed by atoms with Gasteiger partial charge in [0.15, 0.2) is 0 Å². The minimum Gasteiger partial charge on any atom is -0.478 e. The molecule has 4 N–H and O–H groups in total. The fourth-order valence-electron chi connectivity index (χ4n) is 1.48. The third-order valence-electron chi connectivity index (χ3n) is 2.46. The zero-order chi connectivity index (χ0) is 15.3. The Balaban J connectivity index is 2.77. The number of nitrogens with zero attached hydrogens (tertiary/aromatic N) is 1. The van der Waals surface area contributed by atoms with E-state index in [4.69, 9.17) is 10.2 Å². The van der Waals surface area contributed by atoms with E-state index in [1.165, 1.54) is 19.2 Å². The number of nitrogens with one attached hydrogen (secondary N) is 1. The SMILES string of the molecule is CN(C(=O)NCCS(N)(=O)=O)c1ccccc1C(=O)O. The Bertz CT molecular complexity index is 614. The van der Waals surface area contributed by atoms with Crippen LogP contribution < -0.4 is 15.4 Å². The van der Waals surface area contributed by atoms with Gasteiger partial charge in [-0.15, -0.1) is 0 Å². The fourth-order valence-corrected chi connectivity index (χ4v) is 1.86. The molecule has 2 amide bonds. The number of nitrogens with two attached hydrogens (primary N) is 1. The molecular formula is C11H15N3O5S. The lowest BCUT2D eigenvalue weighted by Gasteiger charge is -2.19. The number of anilines is 1.